The van der Waals surface area contributed by atoms with Gasteiger partial charge in [-0.2, -0.15) is 0 Å². The van der Waals surface area contributed by atoms with Crippen molar-refractivity contribution in [3.8, 4) is 0 Å². The van der Waals surface area contributed by atoms with Crippen LogP contribution in [0.1, 0.15) is 12.5 Å². The van der Waals surface area contributed by atoms with E-state index in [4.69, 9.17) is 5.73 Å². The quantitative estimate of drug-likeness (QED) is 0.628. The lowest BCUT2D eigenvalue weighted by molar-refractivity contribution is -0.127. The second-order valence-corrected chi connectivity index (χ2v) is 4.40. The van der Waals surface area contributed by atoms with Crippen molar-refractivity contribution in [2.45, 2.75) is 19.4 Å². The highest BCUT2D eigenvalue weighted by atomic mass is 16.2. The monoisotopic (exact) mass is 275 g/mol. The van der Waals surface area contributed by atoms with Gasteiger partial charge in [0.2, 0.25) is 11.8 Å². The Morgan fingerprint density at radius 3 is 2.55 bits per heavy atom. The molecule has 1 aromatic carbocycles. The first kappa shape index (κ1) is 15.9. The molecule has 0 spiro atoms. The molecule has 4 N–H and O–H groups in total. The van der Waals surface area contributed by atoms with Gasteiger partial charge in [0.25, 0.3) is 0 Å². The zero-order valence-electron chi connectivity index (χ0n) is 11.6. The van der Waals surface area contributed by atoms with E-state index < -0.39 is 6.04 Å². The van der Waals surface area contributed by atoms with Crippen molar-refractivity contribution in [2.24, 2.45) is 5.73 Å². The highest BCUT2D eigenvalue weighted by Crippen LogP contribution is 2.03. The van der Waals surface area contributed by atoms with Crippen LogP contribution in [0.4, 0.5) is 0 Å². The van der Waals surface area contributed by atoms with Crippen LogP contribution < -0.4 is 16.4 Å². The molecule has 0 bridgehead atoms. The average Bonchev–Trinajstić information content (AvgIpc) is 2.43. The smallest absolute Gasteiger partial charge is 0.243 e. The Morgan fingerprint density at radius 2 is 1.95 bits per heavy atom. The first-order chi connectivity index (χ1) is 9.63. The Bertz CT molecular complexity index is 457. The Hall–Kier alpha value is -2.14. The van der Waals surface area contributed by atoms with E-state index in [-0.39, 0.29) is 11.8 Å². The summed E-state index contributed by atoms with van der Waals surface area (Å²) in [5.74, 6) is -0.427. The number of amides is 2. The van der Waals surface area contributed by atoms with Crippen LogP contribution in [0.3, 0.4) is 0 Å². The van der Waals surface area contributed by atoms with Gasteiger partial charge < -0.3 is 16.4 Å². The van der Waals surface area contributed by atoms with Crippen LogP contribution in [0.5, 0.6) is 0 Å². The molecule has 2 amide bonds. The van der Waals surface area contributed by atoms with Gasteiger partial charge in [-0.05, 0) is 5.56 Å². The largest absolute Gasteiger partial charge is 0.351 e. The first-order valence-corrected chi connectivity index (χ1v) is 6.57. The van der Waals surface area contributed by atoms with E-state index >= 15 is 0 Å². The average molecular weight is 275 g/mol. The Kier molecular flexibility index (Phi) is 7.06. The summed E-state index contributed by atoms with van der Waals surface area (Å²) < 4.78 is 0. The van der Waals surface area contributed by atoms with Crippen LogP contribution in [0, 0.1) is 0 Å². The number of nitrogens with two attached hydrogens (primary N) is 1. The molecular formula is C15H21N3O2. The van der Waals surface area contributed by atoms with Gasteiger partial charge in [-0.25, -0.2) is 0 Å². The molecule has 0 saturated heterocycles. The summed E-state index contributed by atoms with van der Waals surface area (Å²) in [4.78, 5) is 23.3. The van der Waals surface area contributed by atoms with Crippen molar-refractivity contribution in [2.75, 3.05) is 13.1 Å². The maximum atomic E-state index is 12.1. The van der Waals surface area contributed by atoms with Crippen molar-refractivity contribution in [3.63, 3.8) is 0 Å². The molecule has 5 nitrogen and oxygen atoms in total. The number of hydrogen-bond acceptors (Lipinski definition) is 3. The summed E-state index contributed by atoms with van der Waals surface area (Å²) in [7, 11) is 0. The second kappa shape index (κ2) is 8.87. The fourth-order valence-corrected chi connectivity index (χ4v) is 1.77. The number of hydrogen-bond donors (Lipinski definition) is 3. The standard InChI is InChI=1S/C15H21N3O2/c1-12(19)18-14(11-13-7-3-2-4-8-13)15(20)17-10-6-5-9-16/h2-8,14H,9-11,16H2,1H3,(H,17,20)(H,18,19). The van der Waals surface area contributed by atoms with Gasteiger partial charge in [0, 0.05) is 26.4 Å². The molecule has 0 radical (unpaired) electrons. The molecule has 0 fully saturated rings. The minimum Gasteiger partial charge on any atom is -0.351 e. The zero-order chi connectivity index (χ0) is 14.8. The van der Waals surface area contributed by atoms with E-state index in [2.05, 4.69) is 10.6 Å². The molecule has 1 atom stereocenters. The molecule has 108 valence electrons. The zero-order valence-corrected chi connectivity index (χ0v) is 11.6. The highest BCUT2D eigenvalue weighted by Gasteiger charge is 2.18. The molecule has 1 rings (SSSR count). The van der Waals surface area contributed by atoms with Crippen LogP contribution in [0.2, 0.25) is 0 Å². The maximum Gasteiger partial charge on any atom is 0.243 e. The van der Waals surface area contributed by atoms with Crippen molar-refractivity contribution in [3.05, 3.63) is 48.0 Å². The Morgan fingerprint density at radius 1 is 1.25 bits per heavy atom. The van der Waals surface area contributed by atoms with Gasteiger partial charge in [0.05, 0.1) is 0 Å². The van der Waals surface area contributed by atoms with Crippen molar-refractivity contribution in [1.29, 1.82) is 0 Å². The molecule has 1 unspecified atom stereocenters. The van der Waals surface area contributed by atoms with Crippen LogP contribution in [0.25, 0.3) is 0 Å². The number of carbonyl (C=O) groups is 2. The van der Waals surface area contributed by atoms with E-state index in [1.54, 1.807) is 12.2 Å². The third-order valence-electron chi connectivity index (χ3n) is 2.67. The molecule has 20 heavy (non-hydrogen) atoms. The summed E-state index contributed by atoms with van der Waals surface area (Å²) in [5, 5.41) is 5.42. The molecule has 5 heteroatoms. The minimum atomic E-state index is -0.568. The molecule has 0 aliphatic carbocycles. The number of rotatable bonds is 7. The predicted molar refractivity (Wildman–Crippen MR) is 79.0 cm³/mol. The summed E-state index contributed by atoms with van der Waals surface area (Å²) in [6, 6.07) is 9.01. The second-order valence-electron chi connectivity index (χ2n) is 4.40. The van der Waals surface area contributed by atoms with Crippen LogP contribution in [0.15, 0.2) is 42.5 Å². The molecule has 0 saturated carbocycles. The Labute approximate surface area is 119 Å². The van der Waals surface area contributed by atoms with E-state index in [1.807, 2.05) is 30.3 Å². The van der Waals surface area contributed by atoms with Crippen molar-refractivity contribution >= 4 is 11.8 Å². The molecule has 0 aromatic heterocycles. The number of benzene rings is 1. The highest BCUT2D eigenvalue weighted by molar-refractivity contribution is 5.87. The summed E-state index contributed by atoms with van der Waals surface area (Å²) in [6.07, 6.45) is 4.02. The van der Waals surface area contributed by atoms with Crippen LogP contribution in [-0.4, -0.2) is 30.9 Å². The fraction of sp³-hybridized carbons (Fsp3) is 0.333. The summed E-state index contributed by atoms with van der Waals surface area (Å²) in [5.41, 5.74) is 6.32. The molecule has 0 aliphatic heterocycles. The molecular weight excluding hydrogens is 254 g/mol. The predicted octanol–water partition coefficient (Wildman–Crippen LogP) is 0.365. The third kappa shape index (κ3) is 6.15. The maximum absolute atomic E-state index is 12.1. The number of carbonyl (C=O) groups excluding carboxylic acids is 2. The van der Waals surface area contributed by atoms with Crippen molar-refractivity contribution in [1.82, 2.24) is 10.6 Å². The SMILES string of the molecule is CC(=O)NC(Cc1ccccc1)C(=O)NCC=CCN. The van der Waals surface area contributed by atoms with E-state index in [9.17, 15) is 9.59 Å². The first-order valence-electron chi connectivity index (χ1n) is 6.57. The normalized spacial score (nSPS) is 12.1. The topological polar surface area (TPSA) is 84.2 Å². The lowest BCUT2D eigenvalue weighted by Gasteiger charge is -2.17. The van der Waals surface area contributed by atoms with Gasteiger partial charge in [0.15, 0.2) is 0 Å². The molecule has 0 heterocycles. The van der Waals surface area contributed by atoms with Gasteiger partial charge in [-0.3, -0.25) is 9.59 Å². The number of nitrogens with one attached hydrogen (secondary N) is 2. The summed E-state index contributed by atoms with van der Waals surface area (Å²) >= 11 is 0. The molecule has 1 aromatic rings. The lowest BCUT2D eigenvalue weighted by atomic mass is 10.1. The van der Waals surface area contributed by atoms with Gasteiger partial charge in [-0.15, -0.1) is 0 Å². The lowest BCUT2D eigenvalue weighted by Crippen LogP contribution is -2.47. The fourth-order valence-electron chi connectivity index (χ4n) is 1.77. The van der Waals surface area contributed by atoms with Gasteiger partial charge in [0.1, 0.15) is 6.04 Å². The van der Waals surface area contributed by atoms with E-state index in [1.165, 1.54) is 6.92 Å². The van der Waals surface area contributed by atoms with Gasteiger partial charge in [-0.1, -0.05) is 42.5 Å². The van der Waals surface area contributed by atoms with Crippen LogP contribution in [-0.2, 0) is 16.0 Å². The van der Waals surface area contributed by atoms with Crippen LogP contribution >= 0.6 is 0 Å². The Balaban J connectivity index is 2.61. The summed E-state index contributed by atoms with van der Waals surface area (Å²) in [6.45, 7) is 2.25. The van der Waals surface area contributed by atoms with Crippen molar-refractivity contribution < 1.29 is 9.59 Å². The minimum absolute atomic E-state index is 0.203. The van der Waals surface area contributed by atoms with E-state index in [0.29, 0.717) is 19.5 Å². The van der Waals surface area contributed by atoms with E-state index in [0.717, 1.165) is 5.56 Å². The third-order valence-corrected chi connectivity index (χ3v) is 2.67. The van der Waals surface area contributed by atoms with Gasteiger partial charge >= 0.3 is 0 Å². The molecule has 0 aliphatic rings.